The van der Waals surface area contributed by atoms with Gasteiger partial charge in [0.2, 0.25) is 0 Å². The fraction of sp³-hybridized carbons (Fsp3) is 0.333. The van der Waals surface area contributed by atoms with Crippen molar-refractivity contribution in [1.82, 2.24) is 20.5 Å². The molecule has 1 aliphatic heterocycles. The first-order chi connectivity index (χ1) is 13.6. The van der Waals surface area contributed by atoms with Gasteiger partial charge >= 0.3 is 11.5 Å². The molecule has 2 rings (SSSR count). The Morgan fingerprint density at radius 3 is 2.62 bits per heavy atom. The molecule has 0 unspecified atom stereocenters. The zero-order chi connectivity index (χ0) is 21.8. The van der Waals surface area contributed by atoms with Crippen LogP contribution in [0.15, 0.2) is 29.6 Å². The van der Waals surface area contributed by atoms with E-state index >= 15 is 0 Å². The first-order valence-corrected chi connectivity index (χ1v) is 8.90. The summed E-state index contributed by atoms with van der Waals surface area (Å²) >= 11 is 5.65. The van der Waals surface area contributed by atoms with E-state index in [1.165, 1.54) is 23.2 Å². The summed E-state index contributed by atoms with van der Waals surface area (Å²) in [5, 5.41) is 21.2. The minimum absolute atomic E-state index is 0.00298. The van der Waals surface area contributed by atoms with Crippen LogP contribution in [0.2, 0.25) is 0 Å². The van der Waals surface area contributed by atoms with Gasteiger partial charge in [0.25, 0.3) is 5.91 Å². The summed E-state index contributed by atoms with van der Waals surface area (Å²) in [7, 11) is 0. The van der Waals surface area contributed by atoms with Crippen LogP contribution in [0.5, 0.6) is 0 Å². The van der Waals surface area contributed by atoms with E-state index in [9.17, 15) is 14.4 Å². The second-order valence-electron chi connectivity index (χ2n) is 6.47. The fourth-order valence-electron chi connectivity index (χ4n) is 2.77. The van der Waals surface area contributed by atoms with Gasteiger partial charge in [0.05, 0.1) is 30.0 Å². The maximum Gasteiger partial charge on any atom is 0.411 e. The Bertz CT molecular complexity index is 933. The highest BCUT2D eigenvalue weighted by Crippen LogP contribution is 2.34. The van der Waals surface area contributed by atoms with E-state index in [0.717, 1.165) is 0 Å². The predicted octanol–water partition coefficient (Wildman–Crippen LogP) is 2.11. The van der Waals surface area contributed by atoms with Gasteiger partial charge in [-0.05, 0) is 44.5 Å². The molecule has 10 nitrogen and oxygen atoms in total. The molecule has 11 heteroatoms. The number of amidine groups is 1. The van der Waals surface area contributed by atoms with Crippen molar-refractivity contribution < 1.29 is 19.1 Å². The van der Waals surface area contributed by atoms with E-state index in [2.05, 4.69) is 15.6 Å². The Labute approximate surface area is 172 Å². The van der Waals surface area contributed by atoms with Gasteiger partial charge in [0, 0.05) is 11.8 Å². The topological polar surface area (TPSA) is 148 Å². The lowest BCUT2D eigenvalue weighted by Gasteiger charge is -2.32. The third-order valence-electron chi connectivity index (χ3n) is 4.28. The van der Waals surface area contributed by atoms with Crippen molar-refractivity contribution in [2.24, 2.45) is 0 Å². The molecule has 152 valence electrons. The van der Waals surface area contributed by atoms with Crippen molar-refractivity contribution in [2.45, 2.75) is 26.3 Å². The zero-order valence-corrected chi connectivity index (χ0v) is 16.8. The van der Waals surface area contributed by atoms with Gasteiger partial charge in [-0.2, -0.15) is 5.26 Å². The van der Waals surface area contributed by atoms with E-state index in [-0.39, 0.29) is 41.5 Å². The number of alkyl carbamates (subject to hydrolysis) is 1. The molecular weight excluding hydrogens is 400 g/mol. The number of nitrogens with zero attached hydrogens (tertiary/aromatic N) is 3. The second-order valence-corrected chi connectivity index (χ2v) is 6.79. The number of carbonyl (C=O) groups excluding carboxylic acids is 3. The van der Waals surface area contributed by atoms with Crippen molar-refractivity contribution in [3.63, 3.8) is 0 Å². The van der Waals surface area contributed by atoms with E-state index in [0.29, 0.717) is 0 Å². The van der Waals surface area contributed by atoms with Crippen LogP contribution in [0.25, 0.3) is 0 Å². The Balaban J connectivity index is 2.31. The molecular formula is C18H19ClN6O4. The average molecular weight is 419 g/mol. The summed E-state index contributed by atoms with van der Waals surface area (Å²) in [6.45, 7) is 4.94. The van der Waals surface area contributed by atoms with Gasteiger partial charge in [0.1, 0.15) is 17.6 Å². The summed E-state index contributed by atoms with van der Waals surface area (Å²) < 4.78 is 4.88. The third kappa shape index (κ3) is 4.70. The second kappa shape index (κ2) is 8.70. The van der Waals surface area contributed by atoms with Crippen LogP contribution in [-0.2, 0) is 4.74 Å². The molecule has 0 radical (unpaired) electrons. The largest absolute Gasteiger partial charge is 0.450 e. The maximum atomic E-state index is 12.4. The van der Waals surface area contributed by atoms with Crippen LogP contribution in [0.1, 0.15) is 36.8 Å². The number of amides is 3. The van der Waals surface area contributed by atoms with E-state index < -0.39 is 22.9 Å². The molecule has 1 aromatic rings. The molecule has 0 saturated carbocycles. The van der Waals surface area contributed by atoms with Crippen LogP contribution in [0.4, 0.5) is 9.59 Å². The number of nitrogens with one attached hydrogen (secondary N) is 3. The molecule has 3 amide bonds. The molecule has 0 fully saturated rings. The first-order valence-electron chi connectivity index (χ1n) is 8.52. The SMILES string of the molecule is CCOC(=O)NC1=C(C(=N)NC(=O)c2ccc(C#N)cn2)CN(C(=O)Cl)C1(C)C. The van der Waals surface area contributed by atoms with Crippen molar-refractivity contribution in [3.8, 4) is 6.07 Å². The molecule has 1 aromatic heterocycles. The Morgan fingerprint density at radius 2 is 2.10 bits per heavy atom. The summed E-state index contributed by atoms with van der Waals surface area (Å²) in [6, 6.07) is 4.66. The van der Waals surface area contributed by atoms with Gasteiger partial charge in [-0.25, -0.2) is 9.78 Å². The smallest absolute Gasteiger partial charge is 0.411 e. The van der Waals surface area contributed by atoms with Crippen LogP contribution in [0.3, 0.4) is 0 Å². The number of rotatable bonds is 4. The Morgan fingerprint density at radius 1 is 1.41 bits per heavy atom. The minimum Gasteiger partial charge on any atom is -0.450 e. The van der Waals surface area contributed by atoms with E-state index in [1.54, 1.807) is 20.8 Å². The standard InChI is InChI=1S/C18H19ClN6O4/c1-4-29-17(28)23-13-11(9-25(16(19)27)18(13,2)3)14(21)24-15(26)12-6-5-10(7-20)8-22-12/h5-6,8H,4,9H2,1-3H3,(H,23,28)(H2,21,24,26). The van der Waals surface area contributed by atoms with Gasteiger partial charge in [-0.15, -0.1) is 0 Å². The molecule has 0 spiro atoms. The average Bonchev–Trinajstić information content (AvgIpc) is 2.93. The normalized spacial score (nSPS) is 14.8. The number of halogens is 1. The van der Waals surface area contributed by atoms with E-state index in [4.69, 9.17) is 27.0 Å². The highest BCUT2D eigenvalue weighted by molar-refractivity contribution is 6.63. The van der Waals surface area contributed by atoms with Gasteiger partial charge in [-0.1, -0.05) is 0 Å². The van der Waals surface area contributed by atoms with Crippen molar-refractivity contribution in [3.05, 3.63) is 40.9 Å². The summed E-state index contributed by atoms with van der Waals surface area (Å²) in [5.41, 5.74) is -0.363. The number of hydrogen-bond donors (Lipinski definition) is 3. The monoisotopic (exact) mass is 418 g/mol. The molecule has 3 N–H and O–H groups in total. The summed E-state index contributed by atoms with van der Waals surface area (Å²) in [4.78, 5) is 41.2. The predicted molar refractivity (Wildman–Crippen MR) is 103 cm³/mol. The third-order valence-corrected chi connectivity index (χ3v) is 4.49. The van der Waals surface area contributed by atoms with Crippen LogP contribution < -0.4 is 10.6 Å². The number of hydrogen-bond acceptors (Lipinski definition) is 7. The number of nitriles is 1. The van der Waals surface area contributed by atoms with E-state index in [1.807, 2.05) is 6.07 Å². The highest BCUT2D eigenvalue weighted by atomic mass is 35.5. The number of pyridine rings is 1. The van der Waals surface area contributed by atoms with Crippen molar-refractivity contribution >= 4 is 34.8 Å². The first kappa shape index (κ1) is 21.8. The Kier molecular flexibility index (Phi) is 6.56. The van der Waals surface area contributed by atoms with Crippen molar-refractivity contribution in [2.75, 3.05) is 13.2 Å². The molecule has 0 atom stereocenters. The van der Waals surface area contributed by atoms with Gasteiger partial charge in [0.15, 0.2) is 0 Å². The molecule has 0 aliphatic carbocycles. The van der Waals surface area contributed by atoms with Crippen LogP contribution in [0, 0.1) is 16.7 Å². The molecule has 0 bridgehead atoms. The fourth-order valence-corrected chi connectivity index (χ4v) is 3.04. The highest BCUT2D eigenvalue weighted by Gasteiger charge is 2.44. The van der Waals surface area contributed by atoms with Crippen LogP contribution >= 0.6 is 11.6 Å². The van der Waals surface area contributed by atoms with Gasteiger partial charge in [-0.3, -0.25) is 20.3 Å². The number of aromatic nitrogens is 1. The number of ether oxygens (including phenoxy) is 1. The molecule has 2 heterocycles. The van der Waals surface area contributed by atoms with Gasteiger partial charge < -0.3 is 15.0 Å². The minimum atomic E-state index is -1.05. The molecule has 29 heavy (non-hydrogen) atoms. The molecule has 0 saturated heterocycles. The van der Waals surface area contributed by atoms with Crippen LogP contribution in [-0.4, -0.2) is 51.8 Å². The Hall–Kier alpha value is -3.45. The zero-order valence-electron chi connectivity index (χ0n) is 16.0. The molecule has 1 aliphatic rings. The number of carbonyl (C=O) groups is 3. The lowest BCUT2D eigenvalue weighted by Crippen LogP contribution is -2.46. The lowest BCUT2D eigenvalue weighted by molar-refractivity contribution is 0.0972. The maximum absolute atomic E-state index is 12.4. The van der Waals surface area contributed by atoms with Crippen molar-refractivity contribution in [1.29, 1.82) is 10.7 Å². The molecule has 0 aromatic carbocycles. The summed E-state index contributed by atoms with van der Waals surface area (Å²) in [6.07, 6.45) is 0.475. The summed E-state index contributed by atoms with van der Waals surface area (Å²) in [5.74, 6) is -1.02. The lowest BCUT2D eigenvalue weighted by atomic mass is 9.99. The quantitative estimate of drug-likeness (QED) is 0.295.